The molecule has 54 heavy (non-hydrogen) atoms. The second-order valence-corrected chi connectivity index (χ2v) is 14.4. The zero-order valence-corrected chi connectivity index (χ0v) is 30.9. The number of benzene rings is 3. The van der Waals surface area contributed by atoms with E-state index in [1.807, 2.05) is 0 Å². The number of carboxylic acids is 1. The average molecular weight is 790 g/mol. The van der Waals surface area contributed by atoms with Gasteiger partial charge in [0.15, 0.2) is 11.5 Å². The van der Waals surface area contributed by atoms with Crippen LogP contribution < -0.4 is 19.1 Å². The van der Waals surface area contributed by atoms with E-state index in [1.54, 1.807) is 26.0 Å². The summed E-state index contributed by atoms with van der Waals surface area (Å²) in [6.07, 6.45) is 2.57. The number of anilines is 1. The molecule has 0 radical (unpaired) electrons. The molecule has 7 rings (SSSR count). The van der Waals surface area contributed by atoms with Crippen molar-refractivity contribution in [3.05, 3.63) is 117 Å². The Morgan fingerprint density at radius 2 is 1.69 bits per heavy atom. The minimum atomic E-state index is -3.15. The maximum absolute atomic E-state index is 14.7. The van der Waals surface area contributed by atoms with Gasteiger partial charge in [0, 0.05) is 22.8 Å². The Bertz CT molecular complexity index is 1990. The summed E-state index contributed by atoms with van der Waals surface area (Å²) in [4.78, 5) is 30.7. The minimum Gasteiger partial charge on any atom is -0.487 e. The monoisotopic (exact) mass is 788 g/mol. The fourth-order valence-corrected chi connectivity index (χ4v) is 7.87. The first-order valence-electron chi connectivity index (χ1n) is 17.4. The molecule has 3 fully saturated rings. The number of carboxylic acid groups (broad SMARTS) is 1. The van der Waals surface area contributed by atoms with E-state index in [-0.39, 0.29) is 63.3 Å². The molecule has 3 aliphatic rings. The van der Waals surface area contributed by atoms with Gasteiger partial charge in [-0.2, -0.15) is 8.78 Å². The Kier molecular flexibility index (Phi) is 12.1. The van der Waals surface area contributed by atoms with Crippen molar-refractivity contribution in [1.82, 2.24) is 4.90 Å². The molecule has 4 aromatic rings. The number of fused-ring (bicyclic) bond motifs is 3. The Labute approximate surface area is 320 Å². The van der Waals surface area contributed by atoms with Crippen LogP contribution in [0.3, 0.4) is 0 Å². The third kappa shape index (κ3) is 8.97. The molecule has 0 saturated carbocycles. The molecule has 15 heteroatoms. The van der Waals surface area contributed by atoms with Crippen molar-refractivity contribution >= 4 is 41.0 Å². The lowest BCUT2D eigenvalue weighted by Crippen LogP contribution is -2.53. The van der Waals surface area contributed by atoms with E-state index in [0.29, 0.717) is 28.0 Å². The highest BCUT2D eigenvalue weighted by molar-refractivity contribution is 6.35. The lowest BCUT2D eigenvalue weighted by Gasteiger charge is -2.44. The Morgan fingerprint density at radius 1 is 0.981 bits per heavy atom. The van der Waals surface area contributed by atoms with Crippen LogP contribution in [-0.2, 0) is 17.7 Å². The molecule has 3 aromatic carbocycles. The first-order valence-corrected chi connectivity index (χ1v) is 18.2. The maximum atomic E-state index is 14.7. The predicted molar refractivity (Wildman–Crippen MR) is 194 cm³/mol. The number of halogens is 5. The number of rotatable bonds is 13. The number of ether oxygens (including phenoxy) is 3. The van der Waals surface area contributed by atoms with Crippen molar-refractivity contribution in [2.75, 3.05) is 24.5 Å². The Hall–Kier alpha value is -4.72. The quantitative estimate of drug-likeness (QED) is 0.103. The first kappa shape index (κ1) is 39.0. The van der Waals surface area contributed by atoms with Crippen LogP contribution in [0.25, 0.3) is 0 Å². The summed E-state index contributed by atoms with van der Waals surface area (Å²) < 4.78 is 59.0. The molecule has 3 aliphatic heterocycles. The summed E-state index contributed by atoms with van der Waals surface area (Å²) >= 11 is 13.2. The minimum absolute atomic E-state index is 0.0249. The van der Waals surface area contributed by atoms with Gasteiger partial charge in [-0.25, -0.2) is 14.0 Å². The molecule has 0 spiro atoms. The lowest BCUT2D eigenvalue weighted by molar-refractivity contribution is -0.904. The van der Waals surface area contributed by atoms with Crippen LogP contribution in [0, 0.1) is 11.7 Å². The Morgan fingerprint density at radius 3 is 2.30 bits per heavy atom. The topological polar surface area (TPSA) is 113 Å². The molecule has 1 amide bonds. The van der Waals surface area contributed by atoms with Crippen LogP contribution in [0.4, 0.5) is 23.7 Å². The largest absolute Gasteiger partial charge is 0.487 e. The van der Waals surface area contributed by atoms with Crippen LogP contribution in [0.1, 0.15) is 65.2 Å². The van der Waals surface area contributed by atoms with Crippen LogP contribution in [-0.4, -0.2) is 65.7 Å². The average Bonchev–Trinajstić information content (AvgIpc) is 3.11. The number of aromatic carboxylic acids is 1. The van der Waals surface area contributed by atoms with E-state index in [2.05, 4.69) is 4.90 Å². The molecule has 3 saturated heterocycles. The highest BCUT2D eigenvalue weighted by Gasteiger charge is 2.38. The van der Waals surface area contributed by atoms with Gasteiger partial charge >= 0.3 is 18.7 Å². The fraction of sp³-hybridized carbons (Fsp3) is 0.359. The summed E-state index contributed by atoms with van der Waals surface area (Å²) in [7, 11) is 0. The number of hydrogen-bond acceptors (Lipinski definition) is 7. The smallest absolute Gasteiger partial charge is 0.414 e. The van der Waals surface area contributed by atoms with Crippen LogP contribution in [0.5, 0.6) is 11.5 Å². The van der Waals surface area contributed by atoms with Crippen LogP contribution >= 0.6 is 23.2 Å². The van der Waals surface area contributed by atoms with Gasteiger partial charge in [0.05, 0.1) is 23.9 Å². The van der Waals surface area contributed by atoms with Gasteiger partial charge in [-0.1, -0.05) is 47.5 Å². The van der Waals surface area contributed by atoms with E-state index < -0.39 is 36.5 Å². The standard InChI is InChI=1S/C39H38Cl2F3N3O7/c1-22(2)52-34-15-24(9-10-33(34)53-38(43)44)29(17-30-31(40)19-46(51)20-32(30)41)36-25(5-3-8-28(36)37(48)49)18-47(27-7-4-6-26(42)16-27)39(50)54-35-21-45-13-11-23(35)12-14-45/h3-10,15-16,19-20,22-23,29,35,38H,11-14,17-18,21H2,1-2H3,(H-,48,49,51)/p+1/t29-,35-/m0/s1. The summed E-state index contributed by atoms with van der Waals surface area (Å²) in [6.45, 7) is 2.44. The van der Waals surface area contributed by atoms with E-state index in [1.165, 1.54) is 65.8 Å². The second kappa shape index (κ2) is 16.7. The second-order valence-electron chi connectivity index (χ2n) is 13.6. The third-order valence-electron chi connectivity index (χ3n) is 9.72. The molecule has 0 unspecified atom stereocenters. The van der Waals surface area contributed by atoms with Crippen LogP contribution in [0.15, 0.2) is 73.1 Å². The molecule has 286 valence electrons. The van der Waals surface area contributed by atoms with Gasteiger partial charge in [-0.3, -0.25) is 15.0 Å². The van der Waals surface area contributed by atoms with E-state index in [9.17, 15) is 33.1 Å². The van der Waals surface area contributed by atoms with Gasteiger partial charge in [-0.05, 0) is 105 Å². The van der Waals surface area contributed by atoms with Gasteiger partial charge < -0.3 is 19.3 Å². The molecule has 2 bridgehead atoms. The zero-order chi connectivity index (χ0) is 38.7. The van der Waals surface area contributed by atoms with Gasteiger partial charge in [0.25, 0.3) is 0 Å². The first-order chi connectivity index (χ1) is 25.8. The maximum Gasteiger partial charge on any atom is 0.414 e. The van der Waals surface area contributed by atoms with Crippen LogP contribution in [0.2, 0.25) is 10.0 Å². The number of amides is 1. The van der Waals surface area contributed by atoms with Crippen molar-refractivity contribution in [2.24, 2.45) is 5.92 Å². The number of hydrogen-bond donors (Lipinski definition) is 2. The lowest BCUT2D eigenvalue weighted by atomic mass is 9.80. The van der Waals surface area contributed by atoms with Gasteiger partial charge in [-0.15, -0.1) is 0 Å². The molecule has 2 atom stereocenters. The highest BCUT2D eigenvalue weighted by atomic mass is 35.5. The SMILES string of the molecule is CC(C)Oc1cc([C@H](Cc2c(Cl)c[n+](O)cc2Cl)c2c(CN(C(=O)O[C@H]3CN4CCC3CC4)c3cccc(F)c3)cccc2C(=O)O)ccc1OC(F)F. The highest BCUT2D eigenvalue weighted by Crippen LogP contribution is 2.41. The van der Waals surface area contributed by atoms with Crippen molar-refractivity contribution in [3.8, 4) is 11.5 Å². The van der Waals surface area contributed by atoms with Crippen molar-refractivity contribution in [3.63, 3.8) is 0 Å². The summed E-state index contributed by atoms with van der Waals surface area (Å²) in [6, 6.07) is 14.3. The number of carbonyl (C=O) groups is 2. The van der Waals surface area contributed by atoms with Gasteiger partial charge in [0.2, 0.25) is 12.4 Å². The number of pyridine rings is 1. The van der Waals surface area contributed by atoms with Crippen molar-refractivity contribution in [1.29, 1.82) is 0 Å². The normalized spacial score (nSPS) is 18.4. The number of alkyl halides is 2. The molecule has 10 nitrogen and oxygen atoms in total. The number of nitrogens with zero attached hydrogens (tertiary/aromatic N) is 3. The fourth-order valence-electron chi connectivity index (χ4n) is 7.27. The molecule has 4 heterocycles. The van der Waals surface area contributed by atoms with Crippen molar-refractivity contribution in [2.45, 2.75) is 64.4 Å². The van der Waals surface area contributed by atoms with E-state index >= 15 is 0 Å². The molecular formula is C39H39Cl2F3N3O7+. The Balaban J connectivity index is 1.51. The van der Waals surface area contributed by atoms with Gasteiger partial charge in [0.1, 0.15) is 22.0 Å². The number of piperidine rings is 3. The predicted octanol–water partition coefficient (Wildman–Crippen LogP) is 8.36. The molecule has 2 N–H and O–H groups in total. The molecular weight excluding hydrogens is 750 g/mol. The molecule has 1 aromatic heterocycles. The summed E-state index contributed by atoms with van der Waals surface area (Å²) in [5.74, 6) is -2.90. The third-order valence-corrected chi connectivity index (χ3v) is 10.4. The number of aromatic nitrogens is 1. The van der Waals surface area contributed by atoms with E-state index in [4.69, 9.17) is 37.4 Å². The van der Waals surface area contributed by atoms with E-state index in [0.717, 1.165) is 25.9 Å². The van der Waals surface area contributed by atoms with Crippen molar-refractivity contribution < 1.29 is 52.0 Å². The summed E-state index contributed by atoms with van der Waals surface area (Å²) in [5.41, 5.74) is 1.38. The summed E-state index contributed by atoms with van der Waals surface area (Å²) in [5, 5.41) is 20.8. The zero-order valence-electron chi connectivity index (χ0n) is 29.4. The molecule has 0 aliphatic carbocycles. The number of carbonyl (C=O) groups excluding carboxylic acids is 1.